The molecule has 2 amide bonds. The lowest BCUT2D eigenvalue weighted by Gasteiger charge is -2.28. The van der Waals surface area contributed by atoms with Gasteiger partial charge in [0.25, 0.3) is 0 Å². The Bertz CT molecular complexity index is 704. The lowest BCUT2D eigenvalue weighted by Crippen LogP contribution is -2.58. The van der Waals surface area contributed by atoms with Gasteiger partial charge in [0, 0.05) is 17.2 Å². The summed E-state index contributed by atoms with van der Waals surface area (Å²) in [5.41, 5.74) is 5.33. The lowest BCUT2D eigenvalue weighted by atomic mass is 10.2. The third kappa shape index (κ3) is 3.23. The minimum Gasteiger partial charge on any atom is -0.465 e. The predicted octanol–water partition coefficient (Wildman–Crippen LogP) is 1.88. The molecule has 0 spiro atoms. The Morgan fingerprint density at radius 3 is 2.36 bits per heavy atom. The first-order valence-corrected chi connectivity index (χ1v) is 8.37. The molecule has 1 atom stereocenters. The first-order chi connectivity index (χ1) is 10.1. The van der Waals surface area contributed by atoms with Gasteiger partial charge in [0.15, 0.2) is 5.69 Å². The van der Waals surface area contributed by atoms with Crippen molar-refractivity contribution in [1.82, 2.24) is 3.89 Å². The Balaban J connectivity index is 3.62. The first-order valence-electron chi connectivity index (χ1n) is 6.39. The number of urea groups is 1. The molecular formula is C13H18ClN2O5S+. The van der Waals surface area contributed by atoms with E-state index in [0.29, 0.717) is 6.42 Å². The van der Waals surface area contributed by atoms with E-state index in [1.54, 1.807) is 6.92 Å². The zero-order chi connectivity index (χ0) is 17.1. The second kappa shape index (κ2) is 6.64. The number of halogens is 1. The van der Waals surface area contributed by atoms with Crippen LogP contribution in [0.3, 0.4) is 0 Å². The zero-order valence-electron chi connectivity index (χ0n) is 12.5. The van der Waals surface area contributed by atoms with Gasteiger partial charge in [-0.05, 0) is 12.5 Å². The van der Waals surface area contributed by atoms with Crippen LogP contribution in [0.15, 0.2) is 18.2 Å². The minimum absolute atomic E-state index is 0.0196. The summed E-state index contributed by atoms with van der Waals surface area (Å²) in [7, 11) is -1.61. The van der Waals surface area contributed by atoms with Gasteiger partial charge < -0.3 is 10.5 Å². The molecule has 0 heterocycles. The largest absolute Gasteiger partial charge is 0.465 e. The lowest BCUT2D eigenvalue weighted by molar-refractivity contribution is 0.0600. The van der Waals surface area contributed by atoms with Gasteiger partial charge >= 0.3 is 22.0 Å². The summed E-state index contributed by atoms with van der Waals surface area (Å²) < 4.78 is 28.3. The second-order valence-corrected chi connectivity index (χ2v) is 7.48. The van der Waals surface area contributed by atoms with Gasteiger partial charge in [0.05, 0.1) is 19.7 Å². The number of benzene rings is 1. The van der Waals surface area contributed by atoms with Gasteiger partial charge in [-0.1, -0.05) is 18.5 Å². The van der Waals surface area contributed by atoms with Crippen LogP contribution in [0.4, 0.5) is 10.5 Å². The number of rotatable bonds is 5. The molecule has 0 radical (unpaired) electrons. The number of carbonyl (C=O) groups is 2. The number of quaternary nitrogens is 1. The summed E-state index contributed by atoms with van der Waals surface area (Å²) in [6.07, 6.45) is 0.313. The number of esters is 1. The fraction of sp³-hybridized carbons (Fsp3) is 0.385. The maximum absolute atomic E-state index is 12.5. The molecule has 7 nitrogen and oxygen atoms in total. The van der Waals surface area contributed by atoms with Gasteiger partial charge in [-0.2, -0.15) is 8.42 Å². The Morgan fingerprint density at radius 2 is 1.91 bits per heavy atom. The molecule has 122 valence electrons. The van der Waals surface area contributed by atoms with Crippen molar-refractivity contribution in [2.24, 2.45) is 5.73 Å². The van der Waals surface area contributed by atoms with Crippen LogP contribution < -0.4 is 9.62 Å². The van der Waals surface area contributed by atoms with Crippen molar-refractivity contribution in [2.45, 2.75) is 13.3 Å². The van der Waals surface area contributed by atoms with Crippen molar-refractivity contribution < 1.29 is 22.7 Å². The average molecular weight is 350 g/mol. The van der Waals surface area contributed by atoms with Crippen LogP contribution in [0.25, 0.3) is 0 Å². The molecule has 2 N–H and O–H groups in total. The molecule has 0 aromatic heterocycles. The number of ether oxygens (including phenoxy) is 1. The molecule has 22 heavy (non-hydrogen) atoms. The minimum atomic E-state index is -3.94. The zero-order valence-corrected chi connectivity index (χ0v) is 14.1. The van der Waals surface area contributed by atoms with Crippen molar-refractivity contribution >= 4 is 39.3 Å². The Labute approximate surface area is 134 Å². The quantitative estimate of drug-likeness (QED) is 0.645. The second-order valence-electron chi connectivity index (χ2n) is 4.74. The molecule has 0 saturated carbocycles. The van der Waals surface area contributed by atoms with Crippen LogP contribution in [0.2, 0.25) is 5.02 Å². The van der Waals surface area contributed by atoms with Crippen LogP contribution in [-0.4, -0.2) is 40.3 Å². The van der Waals surface area contributed by atoms with E-state index in [2.05, 4.69) is 4.74 Å². The van der Waals surface area contributed by atoms with Gasteiger partial charge in [0.2, 0.25) is 0 Å². The van der Waals surface area contributed by atoms with Crippen LogP contribution in [0.1, 0.15) is 23.7 Å². The molecule has 0 aliphatic rings. The monoisotopic (exact) mass is 349 g/mol. The van der Waals surface area contributed by atoms with Crippen LogP contribution in [0.5, 0.6) is 0 Å². The summed E-state index contributed by atoms with van der Waals surface area (Å²) in [4.78, 5) is 23.5. The summed E-state index contributed by atoms with van der Waals surface area (Å²) in [6, 6.07) is 2.74. The van der Waals surface area contributed by atoms with E-state index < -0.39 is 25.9 Å². The number of nitrogens with two attached hydrogens (primary N) is 1. The fourth-order valence-corrected chi connectivity index (χ4v) is 3.73. The number of sulfonamides is 1. The number of methoxy groups -OCH3 is 1. The van der Waals surface area contributed by atoms with E-state index in [4.69, 9.17) is 17.3 Å². The highest BCUT2D eigenvalue weighted by Gasteiger charge is 2.46. The first kappa shape index (κ1) is 18.4. The van der Waals surface area contributed by atoms with Crippen molar-refractivity contribution in [3.05, 3.63) is 28.8 Å². The van der Waals surface area contributed by atoms with E-state index in [0.717, 1.165) is 7.05 Å². The summed E-state index contributed by atoms with van der Waals surface area (Å²) in [5, 5.41) is 0.0928. The molecule has 9 heteroatoms. The standard InChI is InChI=1S/C13H17ClN2O5S/c1-4-5-22(19,20)16(2,13(15)18)11-7-9(12(17)21-3)6-10(14)8-11/h6-8H,4-5H2,1-3H3,(H-,15,18)/p+1. The normalized spacial score (nSPS) is 14.2. The molecular weight excluding hydrogens is 332 g/mol. The van der Waals surface area contributed by atoms with E-state index in [9.17, 15) is 18.0 Å². The van der Waals surface area contributed by atoms with Crippen LogP contribution in [-0.2, 0) is 14.8 Å². The molecule has 0 fully saturated rings. The van der Waals surface area contributed by atoms with Crippen LogP contribution in [0, 0.1) is 0 Å². The molecule has 0 saturated heterocycles. The number of carbonyl (C=O) groups excluding carboxylic acids is 2. The Morgan fingerprint density at radius 1 is 1.32 bits per heavy atom. The van der Waals surface area contributed by atoms with Crippen molar-refractivity contribution in [2.75, 3.05) is 19.9 Å². The predicted molar refractivity (Wildman–Crippen MR) is 84.2 cm³/mol. The Hall–Kier alpha value is -1.64. The molecule has 0 aliphatic carbocycles. The van der Waals surface area contributed by atoms with Gasteiger partial charge in [-0.25, -0.2) is 9.59 Å². The highest BCUT2D eigenvalue weighted by Crippen LogP contribution is 2.31. The summed E-state index contributed by atoms with van der Waals surface area (Å²) in [6.45, 7) is 1.67. The SMILES string of the molecule is CCCS(=O)(=O)[N+](C)(C(N)=O)c1cc(Cl)cc(C(=O)OC)c1. The molecule has 1 aromatic carbocycles. The van der Waals surface area contributed by atoms with Crippen molar-refractivity contribution in [3.63, 3.8) is 0 Å². The number of hydrogen-bond acceptors (Lipinski definition) is 5. The number of hydrogen-bond donors (Lipinski definition) is 1. The third-order valence-corrected chi connectivity index (χ3v) is 5.88. The molecule has 1 rings (SSSR count). The van der Waals surface area contributed by atoms with E-state index in [1.807, 2.05) is 0 Å². The molecule has 0 bridgehead atoms. The van der Waals surface area contributed by atoms with E-state index >= 15 is 0 Å². The number of amides is 2. The highest BCUT2D eigenvalue weighted by atomic mass is 35.5. The van der Waals surface area contributed by atoms with Crippen molar-refractivity contribution in [3.8, 4) is 0 Å². The fourth-order valence-electron chi connectivity index (χ4n) is 1.92. The number of nitrogens with zero attached hydrogens (tertiary/aromatic N) is 1. The smallest absolute Gasteiger partial charge is 0.434 e. The third-order valence-electron chi connectivity index (χ3n) is 3.24. The summed E-state index contributed by atoms with van der Waals surface area (Å²) >= 11 is 5.92. The highest BCUT2D eigenvalue weighted by molar-refractivity contribution is 7.91. The van der Waals surface area contributed by atoms with Gasteiger partial charge in [-0.15, -0.1) is 3.89 Å². The maximum atomic E-state index is 12.5. The number of primary amides is 1. The van der Waals surface area contributed by atoms with E-state index in [1.165, 1.54) is 25.3 Å². The van der Waals surface area contributed by atoms with E-state index in [-0.39, 0.29) is 22.0 Å². The molecule has 0 aliphatic heterocycles. The van der Waals surface area contributed by atoms with Gasteiger partial charge in [-0.3, -0.25) is 0 Å². The molecule has 1 aromatic rings. The van der Waals surface area contributed by atoms with Gasteiger partial charge in [0.1, 0.15) is 5.75 Å². The average Bonchev–Trinajstić information content (AvgIpc) is 2.44. The van der Waals surface area contributed by atoms with Crippen LogP contribution >= 0.6 is 11.6 Å². The summed E-state index contributed by atoms with van der Waals surface area (Å²) in [5.74, 6) is -0.945. The Kier molecular flexibility index (Phi) is 5.55. The van der Waals surface area contributed by atoms with Crippen molar-refractivity contribution in [1.29, 1.82) is 0 Å². The molecule has 1 unspecified atom stereocenters. The maximum Gasteiger partial charge on any atom is 0.434 e. The topological polar surface area (TPSA) is 104 Å².